The second-order valence-electron chi connectivity index (χ2n) is 4.37. The molecule has 1 aromatic carbocycles. The zero-order valence-electron chi connectivity index (χ0n) is 11.9. The van der Waals surface area contributed by atoms with Crippen molar-refractivity contribution in [3.63, 3.8) is 0 Å². The first-order valence-electron chi connectivity index (χ1n) is 6.71. The van der Waals surface area contributed by atoms with E-state index in [9.17, 15) is 0 Å². The van der Waals surface area contributed by atoms with Crippen LogP contribution in [0.1, 0.15) is 5.69 Å². The molecule has 5 heteroatoms. The number of anilines is 1. The van der Waals surface area contributed by atoms with Crippen molar-refractivity contribution in [1.82, 2.24) is 4.98 Å². The first-order valence-corrected chi connectivity index (χ1v) is 6.71. The van der Waals surface area contributed by atoms with Gasteiger partial charge in [-0.3, -0.25) is 4.98 Å². The van der Waals surface area contributed by atoms with E-state index < -0.39 is 0 Å². The van der Waals surface area contributed by atoms with Gasteiger partial charge in [0.25, 0.3) is 0 Å². The fourth-order valence-corrected chi connectivity index (χ4v) is 1.71. The fourth-order valence-electron chi connectivity index (χ4n) is 1.71. The predicted molar refractivity (Wildman–Crippen MR) is 82.8 cm³/mol. The highest BCUT2D eigenvalue weighted by Crippen LogP contribution is 2.16. The number of allylic oxidation sites excluding steroid dienone is 1. The van der Waals surface area contributed by atoms with Gasteiger partial charge >= 0.3 is 0 Å². The van der Waals surface area contributed by atoms with Gasteiger partial charge < -0.3 is 10.1 Å². The van der Waals surface area contributed by atoms with Crippen molar-refractivity contribution in [3.8, 4) is 17.9 Å². The summed E-state index contributed by atoms with van der Waals surface area (Å²) in [7, 11) is 0. The molecule has 2 rings (SSSR count). The molecule has 0 atom stereocenters. The van der Waals surface area contributed by atoms with Crippen molar-refractivity contribution >= 4 is 5.69 Å². The van der Waals surface area contributed by atoms with Crippen LogP contribution in [0, 0.1) is 22.7 Å². The van der Waals surface area contributed by atoms with Crippen molar-refractivity contribution in [1.29, 1.82) is 10.5 Å². The van der Waals surface area contributed by atoms with Gasteiger partial charge in [-0.05, 0) is 36.4 Å². The van der Waals surface area contributed by atoms with Gasteiger partial charge in [0.05, 0.1) is 6.61 Å². The van der Waals surface area contributed by atoms with Crippen LogP contribution in [0.5, 0.6) is 5.75 Å². The molecule has 2 aromatic rings. The van der Waals surface area contributed by atoms with Crippen LogP contribution in [-0.2, 0) is 6.42 Å². The Labute approximate surface area is 129 Å². The molecule has 0 amide bonds. The van der Waals surface area contributed by atoms with Crippen LogP contribution in [0.25, 0.3) is 0 Å². The van der Waals surface area contributed by atoms with E-state index in [0.29, 0.717) is 6.61 Å². The van der Waals surface area contributed by atoms with E-state index in [-0.39, 0.29) is 5.57 Å². The van der Waals surface area contributed by atoms with Crippen LogP contribution in [0.3, 0.4) is 0 Å². The number of hydrogen-bond donors (Lipinski definition) is 1. The minimum Gasteiger partial charge on any atom is -0.493 e. The average Bonchev–Trinajstić information content (AvgIpc) is 2.58. The van der Waals surface area contributed by atoms with Crippen molar-refractivity contribution in [2.45, 2.75) is 6.42 Å². The van der Waals surface area contributed by atoms with Crippen molar-refractivity contribution in [3.05, 3.63) is 66.1 Å². The highest BCUT2D eigenvalue weighted by molar-refractivity contribution is 5.51. The Hall–Kier alpha value is -3.31. The van der Waals surface area contributed by atoms with E-state index in [0.717, 1.165) is 23.6 Å². The van der Waals surface area contributed by atoms with E-state index in [1.165, 1.54) is 6.20 Å². The van der Waals surface area contributed by atoms with E-state index in [1.807, 2.05) is 42.5 Å². The normalized spacial score (nSPS) is 9.18. The lowest BCUT2D eigenvalue weighted by molar-refractivity contribution is 0.320. The standard InChI is InChI=1S/C17H14N4O/c18-11-14(12-19)13-21-16-4-6-17(7-5-16)22-10-8-15-3-1-2-9-20-15/h1-7,9,13,21H,8,10H2. The van der Waals surface area contributed by atoms with Gasteiger partial charge in [0, 0.05) is 30.2 Å². The van der Waals surface area contributed by atoms with Crippen LogP contribution in [0.15, 0.2) is 60.4 Å². The molecular weight excluding hydrogens is 276 g/mol. The number of hydrogen-bond acceptors (Lipinski definition) is 5. The third-order valence-electron chi connectivity index (χ3n) is 2.83. The third kappa shape index (κ3) is 4.66. The summed E-state index contributed by atoms with van der Waals surface area (Å²) >= 11 is 0. The Bertz CT molecular complexity index is 693. The van der Waals surface area contributed by atoms with E-state index in [1.54, 1.807) is 18.3 Å². The summed E-state index contributed by atoms with van der Waals surface area (Å²) < 4.78 is 5.64. The molecule has 5 nitrogen and oxygen atoms in total. The number of aromatic nitrogens is 1. The van der Waals surface area contributed by atoms with Gasteiger partial charge in [0.2, 0.25) is 0 Å². The van der Waals surface area contributed by atoms with E-state index >= 15 is 0 Å². The van der Waals surface area contributed by atoms with Gasteiger partial charge in [-0.2, -0.15) is 10.5 Å². The zero-order valence-corrected chi connectivity index (χ0v) is 11.9. The van der Waals surface area contributed by atoms with Crippen LogP contribution in [-0.4, -0.2) is 11.6 Å². The molecular formula is C17H14N4O. The van der Waals surface area contributed by atoms with Gasteiger partial charge in [0.1, 0.15) is 23.5 Å². The highest BCUT2D eigenvalue weighted by Gasteiger charge is 1.97. The Morgan fingerprint density at radius 1 is 1.14 bits per heavy atom. The monoisotopic (exact) mass is 290 g/mol. The smallest absolute Gasteiger partial charge is 0.145 e. The lowest BCUT2D eigenvalue weighted by atomic mass is 10.3. The van der Waals surface area contributed by atoms with Gasteiger partial charge in [-0.1, -0.05) is 6.07 Å². The first kappa shape index (κ1) is 15.1. The molecule has 1 heterocycles. The molecule has 0 saturated heterocycles. The third-order valence-corrected chi connectivity index (χ3v) is 2.83. The topological polar surface area (TPSA) is 81.7 Å². The lowest BCUT2D eigenvalue weighted by Gasteiger charge is -2.07. The first-order chi connectivity index (χ1) is 10.8. The van der Waals surface area contributed by atoms with Gasteiger partial charge in [-0.15, -0.1) is 0 Å². The van der Waals surface area contributed by atoms with E-state index in [4.69, 9.17) is 15.3 Å². The summed E-state index contributed by atoms with van der Waals surface area (Å²) in [5.74, 6) is 0.756. The molecule has 0 fully saturated rings. The molecule has 0 aliphatic rings. The maximum Gasteiger partial charge on any atom is 0.145 e. The molecule has 22 heavy (non-hydrogen) atoms. The molecule has 0 saturated carbocycles. The summed E-state index contributed by atoms with van der Waals surface area (Å²) in [6, 6.07) is 16.7. The minimum absolute atomic E-state index is 0.0238. The minimum atomic E-state index is 0.0238. The van der Waals surface area contributed by atoms with Crippen molar-refractivity contribution in [2.75, 3.05) is 11.9 Å². The van der Waals surface area contributed by atoms with Crippen LogP contribution >= 0.6 is 0 Å². The summed E-state index contributed by atoms with van der Waals surface area (Å²) in [4.78, 5) is 4.23. The molecule has 0 unspecified atom stereocenters. The molecule has 1 aromatic heterocycles. The molecule has 0 radical (unpaired) electrons. The number of nitrogens with zero attached hydrogens (tertiary/aromatic N) is 3. The molecule has 1 N–H and O–H groups in total. The Morgan fingerprint density at radius 2 is 1.91 bits per heavy atom. The van der Waals surface area contributed by atoms with Gasteiger partial charge in [0.15, 0.2) is 0 Å². The maximum atomic E-state index is 8.63. The number of nitrogens with one attached hydrogen (secondary N) is 1. The van der Waals surface area contributed by atoms with E-state index in [2.05, 4.69) is 10.3 Å². The van der Waals surface area contributed by atoms with Crippen molar-refractivity contribution < 1.29 is 4.74 Å². The molecule has 0 bridgehead atoms. The number of benzene rings is 1. The maximum absolute atomic E-state index is 8.63. The number of rotatable bonds is 6. The second-order valence-corrected chi connectivity index (χ2v) is 4.37. The van der Waals surface area contributed by atoms with Crippen molar-refractivity contribution in [2.24, 2.45) is 0 Å². The van der Waals surface area contributed by atoms with Crippen LogP contribution in [0.2, 0.25) is 0 Å². The molecule has 0 spiro atoms. The molecule has 0 aliphatic carbocycles. The fraction of sp³-hybridized carbons (Fsp3) is 0.118. The summed E-state index contributed by atoms with van der Waals surface area (Å²) in [6.07, 6.45) is 3.88. The largest absolute Gasteiger partial charge is 0.493 e. The van der Waals surface area contributed by atoms with Gasteiger partial charge in [-0.25, -0.2) is 0 Å². The predicted octanol–water partition coefficient (Wildman–Crippen LogP) is 3.05. The Kier molecular flexibility index (Phi) is 5.54. The molecule has 0 aliphatic heterocycles. The number of pyridine rings is 1. The average molecular weight is 290 g/mol. The summed E-state index contributed by atoms with van der Waals surface area (Å²) in [5, 5.41) is 20.1. The highest BCUT2D eigenvalue weighted by atomic mass is 16.5. The van der Waals surface area contributed by atoms with Crippen LogP contribution in [0.4, 0.5) is 5.69 Å². The SMILES string of the molecule is N#CC(C#N)=CNc1ccc(OCCc2ccccn2)cc1. The number of ether oxygens (including phenoxy) is 1. The Morgan fingerprint density at radius 3 is 2.55 bits per heavy atom. The zero-order chi connectivity index (χ0) is 15.6. The Balaban J connectivity index is 1.83. The second kappa shape index (κ2) is 8.08. The number of nitriles is 2. The summed E-state index contributed by atoms with van der Waals surface area (Å²) in [5.41, 5.74) is 1.79. The van der Waals surface area contributed by atoms with Crippen LogP contribution < -0.4 is 10.1 Å². The molecule has 108 valence electrons. The quantitative estimate of drug-likeness (QED) is 0.827. The lowest BCUT2D eigenvalue weighted by Crippen LogP contribution is -2.02. The summed E-state index contributed by atoms with van der Waals surface area (Å²) in [6.45, 7) is 0.552.